The van der Waals surface area contributed by atoms with Crippen molar-refractivity contribution in [2.24, 2.45) is 11.7 Å². The van der Waals surface area contributed by atoms with Gasteiger partial charge in [0.05, 0.1) is 18.1 Å². The molecule has 19 heavy (non-hydrogen) atoms. The summed E-state index contributed by atoms with van der Waals surface area (Å²) in [5.74, 6) is 0.919. The molecule has 106 valence electrons. The Kier molecular flexibility index (Phi) is 3.89. The summed E-state index contributed by atoms with van der Waals surface area (Å²) in [7, 11) is 0. The fourth-order valence-electron chi connectivity index (χ4n) is 3.36. The van der Waals surface area contributed by atoms with E-state index in [9.17, 15) is 0 Å². The molecular formula is C15H26N4. The maximum absolute atomic E-state index is 6.07. The molecule has 1 atom stereocenters. The number of nitrogens with zero attached hydrogens (tertiary/aromatic N) is 3. The maximum atomic E-state index is 6.07. The van der Waals surface area contributed by atoms with E-state index in [4.69, 9.17) is 5.73 Å². The van der Waals surface area contributed by atoms with Crippen molar-refractivity contribution in [3.05, 3.63) is 18.2 Å². The molecule has 1 saturated heterocycles. The molecule has 3 rings (SSSR count). The number of rotatable bonds is 5. The van der Waals surface area contributed by atoms with Crippen molar-refractivity contribution in [1.29, 1.82) is 0 Å². The third kappa shape index (κ3) is 2.70. The molecule has 0 bridgehead atoms. The van der Waals surface area contributed by atoms with E-state index in [0.29, 0.717) is 18.6 Å². The highest BCUT2D eigenvalue weighted by molar-refractivity contribution is 5.10. The number of piperidine rings is 1. The van der Waals surface area contributed by atoms with Gasteiger partial charge in [0.1, 0.15) is 0 Å². The molecule has 1 unspecified atom stereocenters. The van der Waals surface area contributed by atoms with Crippen LogP contribution in [-0.4, -0.2) is 34.1 Å². The van der Waals surface area contributed by atoms with Crippen molar-refractivity contribution in [1.82, 2.24) is 14.5 Å². The van der Waals surface area contributed by atoms with Crippen molar-refractivity contribution < 1.29 is 0 Å². The summed E-state index contributed by atoms with van der Waals surface area (Å²) < 4.78 is 2.36. The van der Waals surface area contributed by atoms with Crippen LogP contribution in [0.15, 0.2) is 12.5 Å². The van der Waals surface area contributed by atoms with Crippen LogP contribution < -0.4 is 5.73 Å². The summed E-state index contributed by atoms with van der Waals surface area (Å²) >= 11 is 0. The summed E-state index contributed by atoms with van der Waals surface area (Å²) in [5.41, 5.74) is 7.40. The van der Waals surface area contributed by atoms with Crippen molar-refractivity contribution in [2.75, 3.05) is 19.6 Å². The predicted molar refractivity (Wildman–Crippen MR) is 76.9 cm³/mol. The Labute approximate surface area is 116 Å². The van der Waals surface area contributed by atoms with E-state index in [2.05, 4.69) is 21.4 Å². The van der Waals surface area contributed by atoms with Crippen LogP contribution in [-0.2, 0) is 0 Å². The highest BCUT2D eigenvalue weighted by Gasteiger charge is 2.31. The Morgan fingerprint density at radius 1 is 1.32 bits per heavy atom. The molecule has 0 radical (unpaired) electrons. The SMILES string of the molecule is CCC1CCN(C(CN)c2cncn2C2CC2)CC1. The van der Waals surface area contributed by atoms with Crippen LogP contribution in [0.25, 0.3) is 0 Å². The first-order chi connectivity index (χ1) is 9.33. The summed E-state index contributed by atoms with van der Waals surface area (Å²) in [6.07, 6.45) is 10.6. The monoisotopic (exact) mass is 262 g/mol. The second kappa shape index (κ2) is 5.63. The zero-order valence-corrected chi connectivity index (χ0v) is 12.0. The highest BCUT2D eigenvalue weighted by atomic mass is 15.2. The van der Waals surface area contributed by atoms with E-state index in [0.717, 1.165) is 5.92 Å². The van der Waals surface area contributed by atoms with E-state index in [1.54, 1.807) is 0 Å². The van der Waals surface area contributed by atoms with Gasteiger partial charge in [-0.15, -0.1) is 0 Å². The molecule has 0 aromatic carbocycles. The molecule has 4 nitrogen and oxygen atoms in total. The van der Waals surface area contributed by atoms with Crippen molar-refractivity contribution in [2.45, 2.75) is 51.1 Å². The van der Waals surface area contributed by atoms with Crippen molar-refractivity contribution in [3.63, 3.8) is 0 Å². The minimum absolute atomic E-state index is 0.362. The average molecular weight is 262 g/mol. The van der Waals surface area contributed by atoms with Crippen LogP contribution in [0.4, 0.5) is 0 Å². The number of hydrogen-bond acceptors (Lipinski definition) is 3. The van der Waals surface area contributed by atoms with Gasteiger partial charge < -0.3 is 10.3 Å². The minimum atomic E-state index is 0.362. The summed E-state index contributed by atoms with van der Waals surface area (Å²) in [6, 6.07) is 1.06. The van der Waals surface area contributed by atoms with Crippen LogP contribution in [0.2, 0.25) is 0 Å². The Balaban J connectivity index is 1.71. The van der Waals surface area contributed by atoms with Crippen molar-refractivity contribution >= 4 is 0 Å². The van der Waals surface area contributed by atoms with Crippen LogP contribution >= 0.6 is 0 Å². The molecule has 1 aliphatic heterocycles. The summed E-state index contributed by atoms with van der Waals surface area (Å²) in [5, 5.41) is 0. The molecule has 2 fully saturated rings. The van der Waals surface area contributed by atoms with E-state index in [1.807, 2.05) is 12.5 Å². The third-order valence-corrected chi connectivity index (χ3v) is 4.87. The van der Waals surface area contributed by atoms with Crippen LogP contribution in [0.3, 0.4) is 0 Å². The molecule has 1 saturated carbocycles. The highest BCUT2D eigenvalue weighted by Crippen LogP contribution is 2.38. The fourth-order valence-corrected chi connectivity index (χ4v) is 3.36. The minimum Gasteiger partial charge on any atom is -0.330 e. The quantitative estimate of drug-likeness (QED) is 0.886. The lowest BCUT2D eigenvalue weighted by atomic mass is 9.93. The number of imidazole rings is 1. The Hall–Kier alpha value is -0.870. The molecule has 1 aliphatic carbocycles. The van der Waals surface area contributed by atoms with Gasteiger partial charge in [0.15, 0.2) is 0 Å². The van der Waals surface area contributed by atoms with E-state index < -0.39 is 0 Å². The first kappa shape index (κ1) is 13.1. The van der Waals surface area contributed by atoms with Gasteiger partial charge in [0, 0.05) is 18.8 Å². The smallest absolute Gasteiger partial charge is 0.0951 e. The molecule has 1 aromatic rings. The van der Waals surface area contributed by atoms with E-state index >= 15 is 0 Å². The predicted octanol–water partition coefficient (Wildman–Crippen LogP) is 2.34. The number of hydrogen-bond donors (Lipinski definition) is 1. The van der Waals surface area contributed by atoms with Crippen LogP contribution in [0.5, 0.6) is 0 Å². The molecular weight excluding hydrogens is 236 g/mol. The third-order valence-electron chi connectivity index (χ3n) is 4.87. The number of likely N-dealkylation sites (tertiary alicyclic amines) is 1. The molecule has 1 aromatic heterocycles. The van der Waals surface area contributed by atoms with Gasteiger partial charge in [-0.25, -0.2) is 4.98 Å². The first-order valence-corrected chi connectivity index (χ1v) is 7.79. The van der Waals surface area contributed by atoms with Gasteiger partial charge in [0.2, 0.25) is 0 Å². The fraction of sp³-hybridized carbons (Fsp3) is 0.800. The van der Waals surface area contributed by atoms with Crippen LogP contribution in [0, 0.1) is 5.92 Å². The van der Waals surface area contributed by atoms with E-state index in [-0.39, 0.29) is 0 Å². The Morgan fingerprint density at radius 2 is 2.05 bits per heavy atom. The van der Waals surface area contributed by atoms with Gasteiger partial charge in [-0.05, 0) is 44.7 Å². The maximum Gasteiger partial charge on any atom is 0.0951 e. The molecule has 4 heteroatoms. The lowest BCUT2D eigenvalue weighted by molar-refractivity contribution is 0.129. The standard InChI is InChI=1S/C15H26N4/c1-2-12-5-7-18(8-6-12)14(9-16)15-10-17-11-19(15)13-3-4-13/h10-14H,2-9,16H2,1H3. The molecule has 2 aliphatic rings. The van der Waals surface area contributed by atoms with Crippen molar-refractivity contribution in [3.8, 4) is 0 Å². The van der Waals surface area contributed by atoms with Gasteiger partial charge >= 0.3 is 0 Å². The largest absolute Gasteiger partial charge is 0.330 e. The first-order valence-electron chi connectivity index (χ1n) is 7.79. The zero-order valence-electron chi connectivity index (χ0n) is 12.0. The Morgan fingerprint density at radius 3 is 2.63 bits per heavy atom. The lowest BCUT2D eigenvalue weighted by Crippen LogP contribution is -2.40. The normalized spacial score (nSPS) is 23.7. The van der Waals surface area contributed by atoms with Crippen LogP contribution in [0.1, 0.15) is 56.8 Å². The summed E-state index contributed by atoms with van der Waals surface area (Å²) in [6.45, 7) is 5.39. The Bertz CT molecular complexity index is 402. The van der Waals surface area contributed by atoms with Gasteiger partial charge in [-0.3, -0.25) is 4.90 Å². The topological polar surface area (TPSA) is 47.1 Å². The molecule has 0 spiro atoms. The van der Waals surface area contributed by atoms with Gasteiger partial charge in [0.25, 0.3) is 0 Å². The number of aromatic nitrogens is 2. The molecule has 2 heterocycles. The molecule has 2 N–H and O–H groups in total. The molecule has 0 amide bonds. The average Bonchev–Trinajstić information content (AvgIpc) is 3.20. The summed E-state index contributed by atoms with van der Waals surface area (Å²) in [4.78, 5) is 6.93. The van der Waals surface area contributed by atoms with E-state index in [1.165, 1.54) is 50.9 Å². The number of nitrogens with two attached hydrogens (primary N) is 1. The lowest BCUT2D eigenvalue weighted by Gasteiger charge is -2.37. The van der Waals surface area contributed by atoms with Gasteiger partial charge in [-0.1, -0.05) is 13.3 Å². The second-order valence-electron chi connectivity index (χ2n) is 6.10. The van der Waals surface area contributed by atoms with Gasteiger partial charge in [-0.2, -0.15) is 0 Å². The zero-order chi connectivity index (χ0) is 13.2. The second-order valence-corrected chi connectivity index (χ2v) is 6.10.